The van der Waals surface area contributed by atoms with Gasteiger partial charge in [0, 0.05) is 13.1 Å². The van der Waals surface area contributed by atoms with Gasteiger partial charge < -0.3 is 10.4 Å². The molecule has 88 valence electrons. The van der Waals surface area contributed by atoms with Crippen LogP contribution in [0.4, 0.5) is 0 Å². The van der Waals surface area contributed by atoms with Gasteiger partial charge in [0.15, 0.2) is 0 Å². The van der Waals surface area contributed by atoms with Crippen molar-refractivity contribution in [2.75, 3.05) is 13.1 Å². The molecule has 2 heteroatoms. The van der Waals surface area contributed by atoms with Gasteiger partial charge in [0.1, 0.15) is 0 Å². The van der Waals surface area contributed by atoms with Gasteiger partial charge in [0.05, 0.1) is 6.10 Å². The number of aliphatic hydroxyl groups is 1. The van der Waals surface area contributed by atoms with E-state index in [-0.39, 0.29) is 0 Å². The predicted octanol–water partition coefficient (Wildman–Crippen LogP) is 2.65. The van der Waals surface area contributed by atoms with Crippen LogP contribution in [0.25, 0.3) is 10.8 Å². The molecule has 0 aromatic heterocycles. The van der Waals surface area contributed by atoms with Crippen molar-refractivity contribution >= 4 is 10.8 Å². The molecule has 1 atom stereocenters. The number of rotatable bonds is 5. The first-order valence-corrected chi connectivity index (χ1v) is 5.79. The molecule has 0 bridgehead atoms. The van der Waals surface area contributed by atoms with Gasteiger partial charge in [-0.3, -0.25) is 0 Å². The summed E-state index contributed by atoms with van der Waals surface area (Å²) in [5, 5.41) is 15.5. The van der Waals surface area contributed by atoms with Crippen molar-refractivity contribution in [2.45, 2.75) is 6.10 Å². The Hall–Kier alpha value is -1.64. The van der Waals surface area contributed by atoms with Crippen LogP contribution in [-0.2, 0) is 0 Å². The third kappa shape index (κ3) is 2.93. The second-order valence-corrected chi connectivity index (χ2v) is 4.07. The summed E-state index contributed by atoms with van der Waals surface area (Å²) < 4.78 is 0. The lowest BCUT2D eigenvalue weighted by molar-refractivity contribution is 0.176. The van der Waals surface area contributed by atoms with Crippen LogP contribution >= 0.6 is 0 Å². The fourth-order valence-corrected chi connectivity index (χ4v) is 1.86. The third-order valence-electron chi connectivity index (χ3n) is 2.78. The van der Waals surface area contributed by atoms with Gasteiger partial charge in [-0.15, -0.1) is 6.58 Å². The summed E-state index contributed by atoms with van der Waals surface area (Å²) in [7, 11) is 0. The van der Waals surface area contributed by atoms with E-state index >= 15 is 0 Å². The highest BCUT2D eigenvalue weighted by atomic mass is 16.3. The first kappa shape index (κ1) is 11.8. The Morgan fingerprint density at radius 2 is 1.94 bits per heavy atom. The predicted molar refractivity (Wildman–Crippen MR) is 72.0 cm³/mol. The Morgan fingerprint density at radius 1 is 1.18 bits per heavy atom. The van der Waals surface area contributed by atoms with E-state index in [0.29, 0.717) is 13.1 Å². The standard InChI is InChI=1S/C15H17NO/c1-2-9-16-11-15(17)14-8-7-12-5-3-4-6-13(12)10-14/h2-8,10,15-17H,1,9,11H2. The third-order valence-corrected chi connectivity index (χ3v) is 2.78. The SMILES string of the molecule is C=CCNCC(O)c1ccc2ccccc2c1. The molecule has 0 heterocycles. The maximum Gasteiger partial charge on any atom is 0.0914 e. The maximum absolute atomic E-state index is 10.0. The number of benzene rings is 2. The minimum Gasteiger partial charge on any atom is -0.387 e. The van der Waals surface area contributed by atoms with Crippen molar-refractivity contribution in [1.82, 2.24) is 5.32 Å². The van der Waals surface area contributed by atoms with Crippen LogP contribution in [-0.4, -0.2) is 18.2 Å². The van der Waals surface area contributed by atoms with Crippen molar-refractivity contribution < 1.29 is 5.11 Å². The minimum atomic E-state index is -0.473. The monoisotopic (exact) mass is 227 g/mol. The molecule has 0 saturated carbocycles. The molecule has 0 radical (unpaired) electrons. The Bertz CT molecular complexity index is 507. The van der Waals surface area contributed by atoms with E-state index < -0.39 is 6.10 Å². The Morgan fingerprint density at radius 3 is 2.71 bits per heavy atom. The van der Waals surface area contributed by atoms with Crippen LogP contribution in [0.1, 0.15) is 11.7 Å². The molecular formula is C15H17NO. The molecular weight excluding hydrogens is 210 g/mol. The lowest BCUT2D eigenvalue weighted by Gasteiger charge is -2.12. The summed E-state index contributed by atoms with van der Waals surface area (Å²) in [5.41, 5.74) is 0.945. The highest BCUT2D eigenvalue weighted by Gasteiger charge is 2.06. The van der Waals surface area contributed by atoms with Gasteiger partial charge in [0.25, 0.3) is 0 Å². The van der Waals surface area contributed by atoms with Crippen LogP contribution in [0.2, 0.25) is 0 Å². The average Bonchev–Trinajstić information content (AvgIpc) is 2.38. The number of hydrogen-bond donors (Lipinski definition) is 2. The molecule has 1 unspecified atom stereocenters. The summed E-state index contributed by atoms with van der Waals surface area (Å²) >= 11 is 0. The zero-order valence-electron chi connectivity index (χ0n) is 9.76. The van der Waals surface area contributed by atoms with E-state index in [1.165, 1.54) is 5.39 Å². The van der Waals surface area contributed by atoms with Gasteiger partial charge in [-0.05, 0) is 22.4 Å². The number of fused-ring (bicyclic) bond motifs is 1. The minimum absolute atomic E-state index is 0.473. The van der Waals surface area contributed by atoms with Crippen LogP contribution in [0.5, 0.6) is 0 Å². The second kappa shape index (κ2) is 5.62. The molecule has 0 aliphatic rings. The molecule has 0 spiro atoms. The molecule has 2 aromatic rings. The van der Waals surface area contributed by atoms with Crippen LogP contribution in [0, 0.1) is 0 Å². The smallest absolute Gasteiger partial charge is 0.0914 e. The zero-order valence-corrected chi connectivity index (χ0v) is 9.76. The van der Waals surface area contributed by atoms with Gasteiger partial charge in [-0.25, -0.2) is 0 Å². The molecule has 0 aliphatic heterocycles. The molecule has 2 aromatic carbocycles. The highest BCUT2D eigenvalue weighted by Crippen LogP contribution is 2.19. The molecule has 17 heavy (non-hydrogen) atoms. The molecule has 2 N–H and O–H groups in total. The van der Waals surface area contributed by atoms with Gasteiger partial charge in [-0.2, -0.15) is 0 Å². The van der Waals surface area contributed by atoms with Gasteiger partial charge in [-0.1, -0.05) is 42.5 Å². The summed E-state index contributed by atoms with van der Waals surface area (Å²) in [5.74, 6) is 0. The normalized spacial score (nSPS) is 12.5. The van der Waals surface area contributed by atoms with E-state index in [1.807, 2.05) is 30.3 Å². The summed E-state index contributed by atoms with van der Waals surface area (Å²) in [6.07, 6.45) is 1.31. The number of nitrogens with one attached hydrogen (secondary N) is 1. The van der Waals surface area contributed by atoms with Crippen LogP contribution < -0.4 is 5.32 Å². The first-order chi connectivity index (χ1) is 8.31. The summed E-state index contributed by atoms with van der Waals surface area (Å²) in [4.78, 5) is 0. The van der Waals surface area contributed by atoms with E-state index in [0.717, 1.165) is 10.9 Å². The highest BCUT2D eigenvalue weighted by molar-refractivity contribution is 5.83. The Labute approximate surface area is 102 Å². The second-order valence-electron chi connectivity index (χ2n) is 4.07. The van der Waals surface area contributed by atoms with Crippen molar-refractivity contribution in [3.8, 4) is 0 Å². The average molecular weight is 227 g/mol. The summed E-state index contributed by atoms with van der Waals surface area (Å²) in [6, 6.07) is 14.2. The fraction of sp³-hybridized carbons (Fsp3) is 0.200. The fourth-order valence-electron chi connectivity index (χ4n) is 1.86. The van der Waals surface area contributed by atoms with E-state index in [4.69, 9.17) is 0 Å². The van der Waals surface area contributed by atoms with Crippen molar-refractivity contribution in [1.29, 1.82) is 0 Å². The summed E-state index contributed by atoms with van der Waals surface area (Å²) in [6.45, 7) is 4.89. The maximum atomic E-state index is 10.0. The largest absolute Gasteiger partial charge is 0.387 e. The van der Waals surface area contributed by atoms with Crippen LogP contribution in [0.3, 0.4) is 0 Å². The van der Waals surface area contributed by atoms with E-state index in [9.17, 15) is 5.11 Å². The first-order valence-electron chi connectivity index (χ1n) is 5.79. The van der Waals surface area contributed by atoms with Crippen molar-refractivity contribution in [3.63, 3.8) is 0 Å². The van der Waals surface area contributed by atoms with E-state index in [2.05, 4.69) is 24.0 Å². The molecule has 2 nitrogen and oxygen atoms in total. The molecule has 0 fully saturated rings. The number of hydrogen-bond acceptors (Lipinski definition) is 2. The Kier molecular flexibility index (Phi) is 3.91. The van der Waals surface area contributed by atoms with Crippen molar-refractivity contribution in [2.24, 2.45) is 0 Å². The van der Waals surface area contributed by atoms with Gasteiger partial charge >= 0.3 is 0 Å². The molecule has 0 aliphatic carbocycles. The zero-order chi connectivity index (χ0) is 12.1. The topological polar surface area (TPSA) is 32.3 Å². The Balaban J connectivity index is 2.15. The lowest BCUT2D eigenvalue weighted by atomic mass is 10.0. The lowest BCUT2D eigenvalue weighted by Crippen LogP contribution is -2.21. The van der Waals surface area contributed by atoms with E-state index in [1.54, 1.807) is 6.08 Å². The van der Waals surface area contributed by atoms with Crippen molar-refractivity contribution in [3.05, 3.63) is 60.7 Å². The van der Waals surface area contributed by atoms with Crippen LogP contribution in [0.15, 0.2) is 55.1 Å². The molecule has 0 amide bonds. The number of aliphatic hydroxyl groups excluding tert-OH is 1. The van der Waals surface area contributed by atoms with Gasteiger partial charge in [0.2, 0.25) is 0 Å². The molecule has 0 saturated heterocycles. The molecule has 2 rings (SSSR count). The quantitative estimate of drug-likeness (QED) is 0.608.